The van der Waals surface area contributed by atoms with Gasteiger partial charge in [0.05, 0.1) is 12.0 Å². The molecule has 0 aliphatic carbocycles. The van der Waals surface area contributed by atoms with E-state index < -0.39 is 0 Å². The van der Waals surface area contributed by atoms with Crippen LogP contribution in [0.2, 0.25) is 0 Å². The molecule has 0 bridgehead atoms. The highest BCUT2D eigenvalue weighted by Gasteiger charge is 2.36. The lowest BCUT2D eigenvalue weighted by Crippen LogP contribution is -2.44. The van der Waals surface area contributed by atoms with Crippen molar-refractivity contribution in [2.75, 3.05) is 11.9 Å². The number of aromatic nitrogens is 1. The second kappa shape index (κ2) is 5.26. The first-order valence-electron chi connectivity index (χ1n) is 7.99. The van der Waals surface area contributed by atoms with Crippen LogP contribution in [0.3, 0.4) is 0 Å². The second-order valence-electron chi connectivity index (χ2n) is 6.23. The lowest BCUT2D eigenvalue weighted by atomic mass is 9.88. The van der Waals surface area contributed by atoms with Crippen LogP contribution in [0.5, 0.6) is 0 Å². The fourth-order valence-corrected chi connectivity index (χ4v) is 3.71. The lowest BCUT2D eigenvalue weighted by molar-refractivity contribution is -0.138. The van der Waals surface area contributed by atoms with Crippen molar-refractivity contribution < 1.29 is 9.59 Å². The van der Waals surface area contributed by atoms with E-state index in [9.17, 15) is 9.59 Å². The number of hydrogen-bond donors (Lipinski definition) is 1. The first-order chi connectivity index (χ1) is 11.1. The molecule has 0 saturated heterocycles. The predicted molar refractivity (Wildman–Crippen MR) is 87.0 cm³/mol. The van der Waals surface area contributed by atoms with Gasteiger partial charge in [-0.05, 0) is 30.7 Å². The van der Waals surface area contributed by atoms with Gasteiger partial charge in [-0.15, -0.1) is 0 Å². The largest absolute Gasteiger partial charge is 0.348 e. The zero-order valence-electron chi connectivity index (χ0n) is 13.0. The monoisotopic (exact) mass is 309 g/mol. The van der Waals surface area contributed by atoms with Crippen LogP contribution in [0, 0.1) is 0 Å². The Balaban J connectivity index is 1.66. The number of amides is 2. The van der Waals surface area contributed by atoms with Crippen molar-refractivity contribution in [3.05, 3.63) is 53.9 Å². The maximum Gasteiger partial charge on any atom is 0.231 e. The number of anilines is 1. The molecule has 3 heterocycles. The molecular formula is C18H19N3O2. The maximum atomic E-state index is 13.1. The number of nitrogens with one attached hydrogen (secondary N) is 1. The molecule has 5 heteroatoms. The van der Waals surface area contributed by atoms with E-state index in [2.05, 4.69) is 29.1 Å². The van der Waals surface area contributed by atoms with Crippen LogP contribution in [-0.2, 0) is 16.1 Å². The molecule has 5 nitrogen and oxygen atoms in total. The van der Waals surface area contributed by atoms with Crippen LogP contribution in [-0.4, -0.2) is 27.8 Å². The van der Waals surface area contributed by atoms with Crippen LogP contribution in [0.25, 0.3) is 0 Å². The molecule has 2 aromatic rings. The number of carbonyl (C=O) groups is 2. The Morgan fingerprint density at radius 3 is 2.87 bits per heavy atom. The molecule has 23 heavy (non-hydrogen) atoms. The smallest absolute Gasteiger partial charge is 0.231 e. The van der Waals surface area contributed by atoms with Gasteiger partial charge in [-0.25, -0.2) is 0 Å². The Labute approximate surface area is 134 Å². The van der Waals surface area contributed by atoms with Crippen molar-refractivity contribution in [1.82, 2.24) is 9.47 Å². The van der Waals surface area contributed by atoms with Gasteiger partial charge in [0.25, 0.3) is 0 Å². The summed E-state index contributed by atoms with van der Waals surface area (Å²) in [6, 6.07) is 11.7. The fraction of sp³-hybridized carbons (Fsp3) is 0.333. The van der Waals surface area contributed by atoms with Gasteiger partial charge in [0.2, 0.25) is 11.8 Å². The Kier molecular flexibility index (Phi) is 3.22. The van der Waals surface area contributed by atoms with Gasteiger partial charge in [0.1, 0.15) is 0 Å². The molecule has 2 aliphatic heterocycles. The van der Waals surface area contributed by atoms with Crippen molar-refractivity contribution in [3.8, 4) is 0 Å². The molecule has 1 aromatic carbocycles. The number of para-hydroxylation sites is 1. The van der Waals surface area contributed by atoms with Crippen LogP contribution in [0.15, 0.2) is 42.6 Å². The first kappa shape index (κ1) is 14.1. The van der Waals surface area contributed by atoms with E-state index in [1.807, 2.05) is 35.2 Å². The predicted octanol–water partition coefficient (Wildman–Crippen LogP) is 2.52. The molecule has 0 radical (unpaired) electrons. The zero-order chi connectivity index (χ0) is 16.0. The van der Waals surface area contributed by atoms with Crippen molar-refractivity contribution in [2.45, 2.75) is 31.8 Å². The summed E-state index contributed by atoms with van der Waals surface area (Å²) in [4.78, 5) is 27.0. The summed E-state index contributed by atoms with van der Waals surface area (Å²) in [5.74, 6) is -0.425. The summed E-state index contributed by atoms with van der Waals surface area (Å²) >= 11 is 0. The summed E-state index contributed by atoms with van der Waals surface area (Å²) in [6.07, 6.45) is 2.27. The van der Waals surface area contributed by atoms with E-state index in [0.29, 0.717) is 6.54 Å². The SMILES string of the molecule is C[C@@H]1c2cccn2CCN1C(=O)[C@H]1CC(=O)Nc2ccccc21. The Morgan fingerprint density at radius 2 is 2.00 bits per heavy atom. The zero-order valence-corrected chi connectivity index (χ0v) is 13.0. The molecule has 1 aromatic heterocycles. The molecular weight excluding hydrogens is 290 g/mol. The number of benzene rings is 1. The summed E-state index contributed by atoms with van der Waals surface area (Å²) in [5, 5.41) is 2.86. The molecule has 1 N–H and O–H groups in total. The highest BCUT2D eigenvalue weighted by Crippen LogP contribution is 2.36. The lowest BCUT2D eigenvalue weighted by Gasteiger charge is -2.38. The summed E-state index contributed by atoms with van der Waals surface area (Å²) < 4.78 is 2.19. The maximum absolute atomic E-state index is 13.1. The topological polar surface area (TPSA) is 54.3 Å². The van der Waals surface area contributed by atoms with E-state index in [1.54, 1.807) is 0 Å². The van der Waals surface area contributed by atoms with E-state index in [1.165, 1.54) is 0 Å². The standard InChI is InChI=1S/C18H19N3O2/c1-12-16-7-4-8-20(16)9-10-21(12)18(23)14-11-17(22)19-15-6-3-2-5-13(14)15/h2-8,12,14H,9-11H2,1H3,(H,19,22)/t12-,14+/m1/s1. The molecule has 2 aliphatic rings. The number of nitrogens with zero attached hydrogens (tertiary/aromatic N) is 2. The van der Waals surface area contributed by atoms with Crippen LogP contribution in [0.4, 0.5) is 5.69 Å². The van der Waals surface area contributed by atoms with E-state index in [-0.39, 0.29) is 30.2 Å². The number of carbonyl (C=O) groups excluding carboxylic acids is 2. The summed E-state index contributed by atoms with van der Waals surface area (Å²) in [5.41, 5.74) is 2.83. The minimum Gasteiger partial charge on any atom is -0.348 e. The van der Waals surface area contributed by atoms with Gasteiger partial charge in [-0.2, -0.15) is 0 Å². The van der Waals surface area contributed by atoms with Crippen molar-refractivity contribution >= 4 is 17.5 Å². The van der Waals surface area contributed by atoms with Gasteiger partial charge < -0.3 is 14.8 Å². The third kappa shape index (κ3) is 2.23. The van der Waals surface area contributed by atoms with Crippen LogP contribution < -0.4 is 5.32 Å². The second-order valence-corrected chi connectivity index (χ2v) is 6.23. The first-order valence-corrected chi connectivity index (χ1v) is 7.99. The molecule has 118 valence electrons. The Morgan fingerprint density at radius 1 is 1.17 bits per heavy atom. The number of hydrogen-bond acceptors (Lipinski definition) is 2. The van der Waals surface area contributed by atoms with Gasteiger partial charge in [-0.1, -0.05) is 18.2 Å². The molecule has 0 saturated carbocycles. The molecule has 0 fully saturated rings. The number of fused-ring (bicyclic) bond motifs is 2. The van der Waals surface area contributed by atoms with E-state index in [4.69, 9.17) is 0 Å². The minimum atomic E-state index is -0.385. The average molecular weight is 309 g/mol. The molecule has 2 amide bonds. The Bertz CT molecular complexity index is 780. The van der Waals surface area contributed by atoms with Gasteiger partial charge in [0, 0.05) is 37.1 Å². The molecule has 0 unspecified atom stereocenters. The van der Waals surface area contributed by atoms with Crippen molar-refractivity contribution in [3.63, 3.8) is 0 Å². The quantitative estimate of drug-likeness (QED) is 0.880. The average Bonchev–Trinajstić information content (AvgIpc) is 3.03. The summed E-state index contributed by atoms with van der Waals surface area (Å²) in [7, 11) is 0. The highest BCUT2D eigenvalue weighted by molar-refractivity contribution is 6.01. The molecule has 0 spiro atoms. The normalized spacial score (nSPS) is 23.0. The third-order valence-corrected chi connectivity index (χ3v) is 4.92. The minimum absolute atomic E-state index is 0.0309. The van der Waals surface area contributed by atoms with Crippen LogP contribution in [0.1, 0.15) is 36.6 Å². The van der Waals surface area contributed by atoms with Gasteiger partial charge >= 0.3 is 0 Å². The third-order valence-electron chi connectivity index (χ3n) is 4.92. The van der Waals surface area contributed by atoms with Crippen LogP contribution >= 0.6 is 0 Å². The Hall–Kier alpha value is -2.56. The number of rotatable bonds is 1. The summed E-state index contributed by atoms with van der Waals surface area (Å²) in [6.45, 7) is 3.54. The van der Waals surface area contributed by atoms with Crippen molar-refractivity contribution in [1.29, 1.82) is 0 Å². The van der Waals surface area contributed by atoms with E-state index in [0.717, 1.165) is 23.5 Å². The molecule has 4 rings (SSSR count). The van der Waals surface area contributed by atoms with E-state index >= 15 is 0 Å². The van der Waals surface area contributed by atoms with Crippen molar-refractivity contribution in [2.24, 2.45) is 0 Å². The van der Waals surface area contributed by atoms with Gasteiger partial charge in [-0.3, -0.25) is 9.59 Å². The highest BCUT2D eigenvalue weighted by atomic mass is 16.2. The molecule has 2 atom stereocenters. The fourth-order valence-electron chi connectivity index (χ4n) is 3.71. The van der Waals surface area contributed by atoms with Gasteiger partial charge in [0.15, 0.2) is 0 Å².